The van der Waals surface area contributed by atoms with Gasteiger partial charge in [0.1, 0.15) is 5.82 Å². The van der Waals surface area contributed by atoms with E-state index in [0.29, 0.717) is 4.47 Å². The molecule has 1 aromatic carbocycles. The lowest BCUT2D eigenvalue weighted by atomic mass is 10.2. The van der Waals surface area contributed by atoms with E-state index in [2.05, 4.69) is 25.6 Å². The molecule has 0 bridgehead atoms. The molecular weight excluding hydrogens is 330 g/mol. The van der Waals surface area contributed by atoms with Crippen LogP contribution in [0.4, 0.5) is 5.82 Å². The van der Waals surface area contributed by atoms with Gasteiger partial charge in [0.05, 0.1) is 16.5 Å². The lowest BCUT2D eigenvalue weighted by Crippen LogP contribution is -2.13. The van der Waals surface area contributed by atoms with Crippen LogP contribution in [0, 0.1) is 11.3 Å². The predicted octanol–water partition coefficient (Wildman–Crippen LogP) is 2.52. The maximum absolute atomic E-state index is 12.1. The van der Waals surface area contributed by atoms with E-state index in [4.69, 9.17) is 5.26 Å². The summed E-state index contributed by atoms with van der Waals surface area (Å²) in [6.45, 7) is 0. The molecule has 0 spiro atoms. The second-order valence-corrected chi connectivity index (χ2v) is 6.20. The van der Waals surface area contributed by atoms with Crippen molar-refractivity contribution in [1.29, 1.82) is 5.26 Å². The van der Waals surface area contributed by atoms with Crippen molar-refractivity contribution in [2.45, 2.75) is 4.90 Å². The number of pyridine rings is 1. The molecule has 0 amide bonds. The monoisotopic (exact) mass is 337 g/mol. The van der Waals surface area contributed by atoms with E-state index in [0.717, 1.165) is 0 Å². The highest BCUT2D eigenvalue weighted by molar-refractivity contribution is 9.10. The summed E-state index contributed by atoms with van der Waals surface area (Å²) in [6.07, 6.45) is 1.48. The highest BCUT2D eigenvalue weighted by Gasteiger charge is 2.15. The van der Waals surface area contributed by atoms with Gasteiger partial charge in [-0.1, -0.05) is 22.0 Å². The fourth-order valence-corrected chi connectivity index (χ4v) is 2.77. The number of halogens is 1. The lowest BCUT2D eigenvalue weighted by Gasteiger charge is -2.07. The molecular formula is C12H8BrN3O2S. The van der Waals surface area contributed by atoms with Crippen LogP contribution in [0.1, 0.15) is 5.56 Å². The van der Waals surface area contributed by atoms with Crippen LogP contribution in [-0.4, -0.2) is 13.4 Å². The maximum Gasteiger partial charge on any atom is 0.263 e. The molecule has 0 unspecified atom stereocenters. The van der Waals surface area contributed by atoms with Crippen LogP contribution in [0.25, 0.3) is 0 Å². The van der Waals surface area contributed by atoms with Gasteiger partial charge in [-0.15, -0.1) is 0 Å². The van der Waals surface area contributed by atoms with Gasteiger partial charge in [0, 0.05) is 10.7 Å². The molecule has 0 fully saturated rings. The van der Waals surface area contributed by atoms with Crippen molar-refractivity contribution in [3.8, 4) is 6.07 Å². The quantitative estimate of drug-likeness (QED) is 0.932. The summed E-state index contributed by atoms with van der Waals surface area (Å²) in [4.78, 5) is 3.93. The molecule has 0 aliphatic heterocycles. The van der Waals surface area contributed by atoms with Gasteiger partial charge < -0.3 is 0 Å². The summed E-state index contributed by atoms with van der Waals surface area (Å²) in [7, 11) is -3.75. The van der Waals surface area contributed by atoms with Gasteiger partial charge >= 0.3 is 0 Å². The zero-order valence-corrected chi connectivity index (χ0v) is 11.9. The molecule has 0 radical (unpaired) electrons. The zero-order chi connectivity index (χ0) is 13.9. The summed E-state index contributed by atoms with van der Waals surface area (Å²) < 4.78 is 27.3. The topological polar surface area (TPSA) is 82.8 Å². The first-order valence-corrected chi connectivity index (χ1v) is 7.43. The molecule has 1 aromatic heterocycles. The molecule has 96 valence electrons. The molecule has 1 N–H and O–H groups in total. The van der Waals surface area contributed by atoms with Crippen LogP contribution < -0.4 is 4.72 Å². The lowest BCUT2D eigenvalue weighted by molar-refractivity contribution is 0.601. The van der Waals surface area contributed by atoms with E-state index in [1.54, 1.807) is 12.1 Å². The van der Waals surface area contributed by atoms with Crippen LogP contribution in [0.3, 0.4) is 0 Å². The third-order valence-corrected chi connectivity index (χ3v) is 4.08. The van der Waals surface area contributed by atoms with Gasteiger partial charge in [-0.2, -0.15) is 5.26 Å². The number of anilines is 1. The Labute approximate surface area is 119 Å². The van der Waals surface area contributed by atoms with Gasteiger partial charge in [-0.25, -0.2) is 13.4 Å². The fourth-order valence-electron chi connectivity index (χ4n) is 1.39. The Morgan fingerprint density at radius 3 is 2.74 bits per heavy atom. The highest BCUT2D eigenvalue weighted by atomic mass is 79.9. The molecule has 19 heavy (non-hydrogen) atoms. The molecule has 2 rings (SSSR count). The van der Waals surface area contributed by atoms with E-state index < -0.39 is 10.0 Å². The van der Waals surface area contributed by atoms with Gasteiger partial charge in [0.25, 0.3) is 10.0 Å². The molecule has 2 aromatic rings. The largest absolute Gasteiger partial charge is 0.263 e. The average molecular weight is 338 g/mol. The minimum absolute atomic E-state index is 0.0216. The summed E-state index contributed by atoms with van der Waals surface area (Å²) >= 11 is 3.23. The van der Waals surface area contributed by atoms with Crippen molar-refractivity contribution in [1.82, 2.24) is 4.98 Å². The summed E-state index contributed by atoms with van der Waals surface area (Å²) in [5.41, 5.74) is 0.282. The molecule has 0 aliphatic carbocycles. The van der Waals surface area contributed by atoms with E-state index in [9.17, 15) is 8.42 Å². The van der Waals surface area contributed by atoms with Crippen LogP contribution in [-0.2, 0) is 10.0 Å². The van der Waals surface area contributed by atoms with E-state index in [1.165, 1.54) is 30.5 Å². The van der Waals surface area contributed by atoms with Crippen molar-refractivity contribution in [2.75, 3.05) is 4.72 Å². The van der Waals surface area contributed by atoms with Crippen LogP contribution in [0.15, 0.2) is 52.0 Å². The number of sulfonamides is 1. The number of nitrogens with zero attached hydrogens (tertiary/aromatic N) is 2. The van der Waals surface area contributed by atoms with Gasteiger partial charge in [-0.05, 0) is 30.3 Å². The van der Waals surface area contributed by atoms with Gasteiger partial charge in [-0.3, -0.25) is 4.72 Å². The minimum atomic E-state index is -3.75. The molecule has 0 saturated heterocycles. The Bertz CT molecular complexity index is 754. The van der Waals surface area contributed by atoms with E-state index >= 15 is 0 Å². The standard InChI is InChI=1S/C12H8BrN3O2S/c13-10-4-5-15-12(7-10)16-19(17,18)11-3-1-2-9(6-11)8-14/h1-7H,(H,15,16). The molecule has 1 heterocycles. The Balaban J connectivity index is 2.35. The fraction of sp³-hybridized carbons (Fsp3) is 0. The highest BCUT2D eigenvalue weighted by Crippen LogP contribution is 2.18. The number of benzene rings is 1. The zero-order valence-electron chi connectivity index (χ0n) is 9.54. The van der Waals surface area contributed by atoms with Crippen molar-refractivity contribution in [2.24, 2.45) is 0 Å². The Morgan fingerprint density at radius 1 is 1.26 bits per heavy atom. The Kier molecular flexibility index (Phi) is 3.83. The second kappa shape index (κ2) is 5.38. The van der Waals surface area contributed by atoms with Crippen LogP contribution >= 0.6 is 15.9 Å². The first-order valence-electron chi connectivity index (χ1n) is 5.16. The second-order valence-electron chi connectivity index (χ2n) is 3.60. The number of nitriles is 1. The average Bonchev–Trinajstić information content (AvgIpc) is 2.38. The molecule has 0 saturated carbocycles. The van der Waals surface area contributed by atoms with Crippen molar-refractivity contribution >= 4 is 31.8 Å². The van der Waals surface area contributed by atoms with Gasteiger partial charge in [0.2, 0.25) is 0 Å². The van der Waals surface area contributed by atoms with Crippen molar-refractivity contribution in [3.63, 3.8) is 0 Å². The Hall–Kier alpha value is -1.91. The number of aromatic nitrogens is 1. The number of hydrogen-bond donors (Lipinski definition) is 1. The van der Waals surface area contributed by atoms with Crippen LogP contribution in [0.2, 0.25) is 0 Å². The van der Waals surface area contributed by atoms with Crippen LogP contribution in [0.5, 0.6) is 0 Å². The van der Waals surface area contributed by atoms with Gasteiger partial charge in [0.15, 0.2) is 0 Å². The van der Waals surface area contributed by atoms with Crippen molar-refractivity contribution in [3.05, 3.63) is 52.6 Å². The molecule has 0 aliphatic rings. The summed E-state index contributed by atoms with van der Waals surface area (Å²) in [5.74, 6) is 0.205. The molecule has 5 nitrogen and oxygen atoms in total. The number of nitrogens with one attached hydrogen (secondary N) is 1. The van der Waals surface area contributed by atoms with E-state index in [1.807, 2.05) is 6.07 Å². The predicted molar refractivity (Wildman–Crippen MR) is 73.9 cm³/mol. The summed E-state index contributed by atoms with van der Waals surface area (Å²) in [6, 6.07) is 10.9. The number of hydrogen-bond acceptors (Lipinski definition) is 4. The SMILES string of the molecule is N#Cc1cccc(S(=O)(=O)Nc2cc(Br)ccn2)c1. The minimum Gasteiger partial charge on any atom is -0.263 e. The first kappa shape index (κ1) is 13.5. The van der Waals surface area contributed by atoms with E-state index in [-0.39, 0.29) is 16.3 Å². The Morgan fingerprint density at radius 2 is 2.05 bits per heavy atom. The smallest absolute Gasteiger partial charge is 0.263 e. The third kappa shape index (κ3) is 3.30. The number of rotatable bonds is 3. The van der Waals surface area contributed by atoms with Crippen molar-refractivity contribution < 1.29 is 8.42 Å². The molecule has 7 heteroatoms. The summed E-state index contributed by atoms with van der Waals surface area (Å²) in [5, 5.41) is 8.77. The first-order chi connectivity index (χ1) is 9.01. The maximum atomic E-state index is 12.1. The molecule has 0 atom stereocenters. The third-order valence-electron chi connectivity index (χ3n) is 2.23. The normalized spacial score (nSPS) is 10.7.